The summed E-state index contributed by atoms with van der Waals surface area (Å²) in [5, 5.41) is 8.87. The van der Waals surface area contributed by atoms with Crippen molar-refractivity contribution >= 4 is 17.9 Å². The molecule has 2 aromatic carbocycles. The van der Waals surface area contributed by atoms with Gasteiger partial charge in [-0.15, -0.1) is 0 Å². The van der Waals surface area contributed by atoms with Crippen LogP contribution in [0.5, 0.6) is 11.5 Å². The number of hydrogen-bond donors (Lipinski definition) is 1. The van der Waals surface area contributed by atoms with Crippen molar-refractivity contribution in [3.05, 3.63) is 58.7 Å². The number of carbonyl (C=O) groups is 3. The molecule has 0 bridgehead atoms. The molecule has 0 unspecified atom stereocenters. The number of hydrogen-bond acceptors (Lipinski definition) is 14. The molecule has 0 radical (unpaired) electrons. The Balaban J connectivity index is 0.000000224. The van der Waals surface area contributed by atoms with E-state index in [1.165, 1.54) is 43.2 Å². The standard InChI is InChI=1S/C29H44N2O6.C22H33NO5/c1-22-10-11-23(18-27(22)34-2)13-17-35-26-9-5-4-8-25(26)31-16-12-24(19-31)37-29(33)21-36-28(32)20-30-14-6-3-7-15-30;1-16-7-8-17(13-21(16)26-2)10-12-27-20-6-4-3-5-19(20)23-11-9-18(14-23)28-22(25)15-24/h10-11,18,24-26H,3-9,12-17,19-21H2,1-2H3;7-8,13,18-20,24H,3-6,9-12,14-15H2,1-2H3/t24-,25-,26-;18-,19-,20-/m11/s1. The average Bonchev–Trinajstić information content (AvgIpc) is 4.00. The summed E-state index contributed by atoms with van der Waals surface area (Å²) in [5.41, 5.74) is 4.73. The Hall–Kier alpha value is -3.79. The van der Waals surface area contributed by atoms with E-state index in [1.807, 2.05) is 6.92 Å². The second-order valence-corrected chi connectivity index (χ2v) is 18.6. The van der Waals surface area contributed by atoms with Crippen LogP contribution in [0.25, 0.3) is 0 Å². The first-order valence-electron chi connectivity index (χ1n) is 24.5. The third-order valence-corrected chi connectivity index (χ3v) is 13.9. The zero-order chi connectivity index (χ0) is 46.0. The molecule has 5 fully saturated rings. The van der Waals surface area contributed by atoms with Gasteiger partial charge in [-0.1, -0.05) is 56.4 Å². The Bertz CT molecular complexity index is 1790. The van der Waals surface area contributed by atoms with E-state index in [4.69, 9.17) is 38.3 Å². The maximum atomic E-state index is 12.3. The molecule has 14 heteroatoms. The molecule has 2 aromatic rings. The lowest BCUT2D eigenvalue weighted by atomic mass is 9.91. The van der Waals surface area contributed by atoms with Gasteiger partial charge in [-0.2, -0.15) is 0 Å². The first kappa shape index (κ1) is 50.6. The summed E-state index contributed by atoms with van der Waals surface area (Å²) in [6, 6.07) is 13.4. The zero-order valence-electron chi connectivity index (χ0n) is 39.7. The van der Waals surface area contributed by atoms with Gasteiger partial charge < -0.3 is 38.3 Å². The predicted octanol–water partition coefficient (Wildman–Crippen LogP) is 6.00. The van der Waals surface area contributed by atoms with E-state index >= 15 is 0 Å². The smallest absolute Gasteiger partial charge is 0.344 e. The number of benzene rings is 2. The van der Waals surface area contributed by atoms with Crippen molar-refractivity contribution in [3.63, 3.8) is 0 Å². The lowest BCUT2D eigenvalue weighted by Gasteiger charge is -2.37. The molecule has 5 aliphatic rings. The minimum Gasteiger partial charge on any atom is -0.496 e. The molecule has 6 atom stereocenters. The van der Waals surface area contributed by atoms with Gasteiger partial charge in [-0.3, -0.25) is 19.5 Å². The van der Waals surface area contributed by atoms with Gasteiger partial charge in [-0.05, 0) is 126 Å². The Morgan fingerprint density at radius 2 is 1.09 bits per heavy atom. The van der Waals surface area contributed by atoms with E-state index in [1.54, 1.807) is 14.2 Å². The molecule has 65 heavy (non-hydrogen) atoms. The highest BCUT2D eigenvalue weighted by atomic mass is 16.6. The lowest BCUT2D eigenvalue weighted by Crippen LogP contribution is -2.46. The molecule has 1 N–H and O–H groups in total. The molecule has 3 aliphatic heterocycles. The van der Waals surface area contributed by atoms with Crippen molar-refractivity contribution in [2.24, 2.45) is 0 Å². The van der Waals surface area contributed by atoms with Crippen LogP contribution in [0.4, 0.5) is 0 Å². The fraction of sp³-hybridized carbons (Fsp3) is 0.706. The molecule has 3 heterocycles. The molecule has 0 aromatic heterocycles. The van der Waals surface area contributed by atoms with Gasteiger partial charge in [0.2, 0.25) is 0 Å². The minimum absolute atomic E-state index is 0.109. The van der Waals surface area contributed by atoms with Crippen molar-refractivity contribution in [1.29, 1.82) is 0 Å². The van der Waals surface area contributed by atoms with E-state index in [9.17, 15) is 14.4 Å². The number of aryl methyl sites for hydroxylation is 2. The highest BCUT2D eigenvalue weighted by Crippen LogP contribution is 2.31. The van der Waals surface area contributed by atoms with Crippen LogP contribution in [0.15, 0.2) is 36.4 Å². The molecule has 0 amide bonds. The molecule has 14 nitrogen and oxygen atoms in total. The van der Waals surface area contributed by atoms with Crippen LogP contribution < -0.4 is 9.47 Å². The summed E-state index contributed by atoms with van der Waals surface area (Å²) in [6.45, 7) is 10.00. The first-order valence-corrected chi connectivity index (χ1v) is 24.5. The summed E-state index contributed by atoms with van der Waals surface area (Å²) in [4.78, 5) is 42.7. The number of carbonyl (C=O) groups excluding carboxylic acids is 3. The van der Waals surface area contributed by atoms with Gasteiger partial charge >= 0.3 is 17.9 Å². The monoisotopic (exact) mass is 908 g/mol. The number of methoxy groups -OCH3 is 2. The highest BCUT2D eigenvalue weighted by molar-refractivity contribution is 5.77. The molecule has 3 saturated heterocycles. The molecule has 362 valence electrons. The van der Waals surface area contributed by atoms with Crippen molar-refractivity contribution in [1.82, 2.24) is 14.7 Å². The lowest BCUT2D eigenvalue weighted by molar-refractivity contribution is -0.162. The topological polar surface area (TPSA) is 146 Å². The third-order valence-electron chi connectivity index (χ3n) is 13.9. The minimum atomic E-state index is -0.546. The van der Waals surface area contributed by atoms with Crippen LogP contribution in [0.1, 0.15) is 106 Å². The van der Waals surface area contributed by atoms with Gasteiger partial charge in [0.15, 0.2) is 6.61 Å². The van der Waals surface area contributed by atoms with Gasteiger partial charge in [0.05, 0.1) is 46.2 Å². The highest BCUT2D eigenvalue weighted by Gasteiger charge is 2.38. The van der Waals surface area contributed by atoms with E-state index in [-0.39, 0.29) is 43.5 Å². The number of aliphatic hydroxyl groups excluding tert-OH is 1. The SMILES string of the molecule is COc1cc(CCO[C@@H]2CCCC[C@H]2N2CC[C@@H](OC(=O)CO)C2)ccc1C.COc1cc(CCO[C@@H]2CCCC[C@H]2N2CC[C@@H](OC(=O)COC(=O)CN3CCCCC3)C2)ccc1C. The molecular weight excluding hydrogens is 831 g/mol. The van der Waals surface area contributed by atoms with E-state index in [2.05, 4.69) is 58.0 Å². The number of esters is 3. The second-order valence-electron chi connectivity index (χ2n) is 18.6. The predicted molar refractivity (Wildman–Crippen MR) is 247 cm³/mol. The van der Waals surface area contributed by atoms with Gasteiger partial charge in [-0.25, -0.2) is 9.59 Å². The number of likely N-dealkylation sites (tertiary alicyclic amines) is 3. The third kappa shape index (κ3) is 15.9. The van der Waals surface area contributed by atoms with Gasteiger partial charge in [0.25, 0.3) is 0 Å². The van der Waals surface area contributed by atoms with Gasteiger partial charge in [0, 0.05) is 38.3 Å². The van der Waals surface area contributed by atoms with Crippen LogP contribution in [-0.4, -0.2) is 161 Å². The average molecular weight is 908 g/mol. The van der Waals surface area contributed by atoms with Crippen molar-refractivity contribution in [3.8, 4) is 11.5 Å². The summed E-state index contributed by atoms with van der Waals surface area (Å²) < 4.78 is 39.7. The maximum Gasteiger partial charge on any atom is 0.344 e. The van der Waals surface area contributed by atoms with Crippen LogP contribution in [-0.2, 0) is 50.9 Å². The van der Waals surface area contributed by atoms with Crippen LogP contribution >= 0.6 is 0 Å². The fourth-order valence-electron chi connectivity index (χ4n) is 10.3. The van der Waals surface area contributed by atoms with Crippen LogP contribution in [0.3, 0.4) is 0 Å². The van der Waals surface area contributed by atoms with Crippen molar-refractivity contribution in [2.75, 3.05) is 86.5 Å². The van der Waals surface area contributed by atoms with E-state index < -0.39 is 18.5 Å². The second kappa shape index (κ2) is 26.5. The summed E-state index contributed by atoms with van der Waals surface area (Å²) >= 11 is 0. The Labute approximate surface area is 387 Å². The van der Waals surface area contributed by atoms with Crippen LogP contribution in [0, 0.1) is 13.8 Å². The number of rotatable bonds is 19. The van der Waals surface area contributed by atoms with Crippen molar-refractivity contribution < 1.29 is 52.6 Å². The summed E-state index contributed by atoms with van der Waals surface area (Å²) in [7, 11) is 3.41. The molecular formula is C51H77N3O11. The van der Waals surface area contributed by atoms with Crippen molar-refractivity contribution in [2.45, 2.75) is 147 Å². The Kier molecular flexibility index (Phi) is 20.7. The maximum absolute atomic E-state index is 12.3. The summed E-state index contributed by atoms with van der Waals surface area (Å²) in [5.74, 6) is 0.509. The van der Waals surface area contributed by atoms with E-state index in [0.717, 1.165) is 120 Å². The molecule has 7 rings (SSSR count). The molecule has 0 spiro atoms. The quantitative estimate of drug-likeness (QED) is 0.130. The van der Waals surface area contributed by atoms with Gasteiger partial charge in [0.1, 0.15) is 30.3 Å². The summed E-state index contributed by atoms with van der Waals surface area (Å²) in [6.07, 6.45) is 16.2. The molecule has 2 saturated carbocycles. The Morgan fingerprint density at radius 1 is 0.600 bits per heavy atom. The molecule has 2 aliphatic carbocycles. The Morgan fingerprint density at radius 3 is 1.58 bits per heavy atom. The number of nitrogens with zero attached hydrogens (tertiary/aromatic N) is 3. The number of ether oxygens (including phenoxy) is 7. The zero-order valence-corrected chi connectivity index (χ0v) is 39.7. The fourth-order valence-corrected chi connectivity index (χ4v) is 10.3. The normalized spacial score (nSPS) is 25.3. The van der Waals surface area contributed by atoms with Crippen LogP contribution in [0.2, 0.25) is 0 Å². The largest absolute Gasteiger partial charge is 0.496 e. The van der Waals surface area contributed by atoms with E-state index in [0.29, 0.717) is 31.8 Å². The first-order chi connectivity index (χ1) is 31.6. The number of piperidine rings is 1. The number of aliphatic hydroxyl groups is 1.